The molecule has 1 aromatic rings. The van der Waals surface area contributed by atoms with Gasteiger partial charge in [0.25, 0.3) is 17.8 Å². The maximum Gasteiger partial charge on any atom is 0.342 e. The van der Waals surface area contributed by atoms with Crippen molar-refractivity contribution in [2.45, 2.75) is 36.8 Å². The zero-order valence-electron chi connectivity index (χ0n) is 14.0. The molecule has 0 radical (unpaired) electrons. The van der Waals surface area contributed by atoms with Gasteiger partial charge < -0.3 is 24.2 Å². The van der Waals surface area contributed by atoms with E-state index in [1.165, 1.54) is 30.9 Å². The summed E-state index contributed by atoms with van der Waals surface area (Å²) in [6, 6.07) is 0. The molecule has 2 aliphatic rings. The molecule has 0 aliphatic carbocycles. The van der Waals surface area contributed by atoms with Crippen molar-refractivity contribution in [1.29, 1.82) is 0 Å². The molecule has 2 aliphatic heterocycles. The van der Waals surface area contributed by atoms with Gasteiger partial charge in [-0.25, -0.2) is 9.78 Å². The number of thiazole rings is 1. The molecule has 10 nitrogen and oxygen atoms in total. The molecule has 0 spiro atoms. The molecule has 3 atom stereocenters. The monoisotopic (exact) mass is 384 g/mol. The third-order valence-corrected chi connectivity index (χ3v) is 4.71. The van der Waals surface area contributed by atoms with Crippen LogP contribution in [0.2, 0.25) is 0 Å². The van der Waals surface area contributed by atoms with Crippen LogP contribution in [0.4, 0.5) is 0 Å². The van der Waals surface area contributed by atoms with E-state index in [9.17, 15) is 24.3 Å². The second kappa shape index (κ2) is 6.32. The predicted molar refractivity (Wildman–Crippen MR) is 83.5 cm³/mol. The Morgan fingerprint density at radius 3 is 2.62 bits per heavy atom. The van der Waals surface area contributed by atoms with Gasteiger partial charge >= 0.3 is 17.9 Å². The smallest absolute Gasteiger partial charge is 0.342 e. The average Bonchev–Trinajstić information content (AvgIpc) is 3.01. The summed E-state index contributed by atoms with van der Waals surface area (Å²) in [6.45, 7) is 0. The number of amides is 1. The minimum atomic E-state index is -2.39. The number of nitrogens with zero attached hydrogens (tertiary/aromatic N) is 2. The Kier molecular flexibility index (Phi) is 4.44. The first-order valence-electron chi connectivity index (χ1n) is 7.60. The molecule has 3 rings (SSSR count). The van der Waals surface area contributed by atoms with Gasteiger partial charge in [-0.2, -0.15) is 0 Å². The Balaban J connectivity index is 2.14. The normalized spacial score (nSPS) is 31.2. The number of fused-ring (bicyclic) bond motifs is 3. The molecule has 3 heterocycles. The van der Waals surface area contributed by atoms with Crippen LogP contribution < -0.4 is 0 Å². The summed E-state index contributed by atoms with van der Waals surface area (Å²) in [4.78, 5) is 54.8. The minimum absolute atomic E-state index is 0.275. The highest BCUT2D eigenvalue weighted by Crippen LogP contribution is 2.36. The van der Waals surface area contributed by atoms with Gasteiger partial charge in [-0.15, -0.1) is 11.3 Å². The number of cyclic esters (lactones) is 1. The van der Waals surface area contributed by atoms with Crippen LogP contribution in [0.1, 0.15) is 18.5 Å². The molecule has 2 bridgehead atoms. The highest BCUT2D eigenvalue weighted by atomic mass is 32.1. The highest BCUT2D eigenvalue weighted by molar-refractivity contribution is 7.07. The van der Waals surface area contributed by atoms with E-state index in [1.54, 1.807) is 5.38 Å². The second-order valence-electron chi connectivity index (χ2n) is 6.33. The molecule has 1 amide bonds. The van der Waals surface area contributed by atoms with Crippen LogP contribution in [0.3, 0.4) is 0 Å². The van der Waals surface area contributed by atoms with Gasteiger partial charge in [0.2, 0.25) is 0 Å². The van der Waals surface area contributed by atoms with Crippen molar-refractivity contribution in [2.24, 2.45) is 0 Å². The lowest BCUT2D eigenvalue weighted by molar-refractivity contribution is -0.245. The topological polar surface area (TPSA) is 132 Å². The summed E-state index contributed by atoms with van der Waals surface area (Å²) in [5.41, 5.74) is -2.65. The molecular formula is C15H16N2O8S. The van der Waals surface area contributed by atoms with Crippen LogP contribution in [0.5, 0.6) is 0 Å². The fourth-order valence-corrected chi connectivity index (χ4v) is 3.42. The molecule has 11 heteroatoms. The second-order valence-corrected chi connectivity index (χ2v) is 7.05. The van der Waals surface area contributed by atoms with Crippen molar-refractivity contribution in [3.8, 4) is 0 Å². The van der Waals surface area contributed by atoms with Crippen LogP contribution in [0, 0.1) is 0 Å². The van der Waals surface area contributed by atoms with E-state index in [-0.39, 0.29) is 6.42 Å². The lowest BCUT2D eigenvalue weighted by atomic mass is 9.92. The first-order chi connectivity index (χ1) is 12.2. The standard InChI is InChI=1S/C15H16N2O8S/c1-17(2)11(20)15(3-8-6-26-7-16-8)13-23-9(18)4-14(22,12(21)24-13)5-10(19)25-15/h6-7,13,22H,3-5H2,1-2H3. The largest absolute Gasteiger partial charge is 0.440 e. The van der Waals surface area contributed by atoms with Gasteiger partial charge in [0, 0.05) is 25.9 Å². The minimum Gasteiger partial charge on any atom is -0.440 e. The summed E-state index contributed by atoms with van der Waals surface area (Å²) >= 11 is 1.25. The number of aromatic nitrogens is 1. The maximum absolute atomic E-state index is 12.9. The Bertz CT molecular complexity index is 764. The average molecular weight is 384 g/mol. The Morgan fingerprint density at radius 2 is 2.00 bits per heavy atom. The van der Waals surface area contributed by atoms with Crippen LogP contribution in [0.25, 0.3) is 0 Å². The van der Waals surface area contributed by atoms with Gasteiger partial charge in [-0.05, 0) is 0 Å². The van der Waals surface area contributed by atoms with Gasteiger partial charge in [-0.1, -0.05) is 0 Å². The number of aliphatic hydroxyl groups is 1. The van der Waals surface area contributed by atoms with Crippen LogP contribution in [-0.4, -0.2) is 70.4 Å². The van der Waals surface area contributed by atoms with E-state index in [0.717, 1.165) is 4.90 Å². The quantitative estimate of drug-likeness (QED) is 0.652. The number of carbonyl (C=O) groups excluding carboxylic acids is 4. The van der Waals surface area contributed by atoms with Gasteiger partial charge in [-0.3, -0.25) is 14.4 Å². The fraction of sp³-hybridized carbons (Fsp3) is 0.533. The van der Waals surface area contributed by atoms with E-state index in [4.69, 9.17) is 14.2 Å². The first kappa shape index (κ1) is 18.3. The van der Waals surface area contributed by atoms with Crippen LogP contribution >= 0.6 is 11.3 Å². The summed E-state index contributed by atoms with van der Waals surface area (Å²) in [5, 5.41) is 11.9. The van der Waals surface area contributed by atoms with Gasteiger partial charge in [0.1, 0.15) is 0 Å². The zero-order chi connectivity index (χ0) is 19.1. The summed E-state index contributed by atoms with van der Waals surface area (Å²) in [5.74, 6) is -4.00. The zero-order valence-corrected chi connectivity index (χ0v) is 14.8. The third kappa shape index (κ3) is 3.03. The number of hydrogen-bond donors (Lipinski definition) is 1. The maximum atomic E-state index is 12.9. The molecule has 2 saturated heterocycles. The molecule has 26 heavy (non-hydrogen) atoms. The van der Waals surface area contributed by atoms with E-state index in [2.05, 4.69) is 4.98 Å². The van der Waals surface area contributed by atoms with Crippen molar-refractivity contribution >= 4 is 35.2 Å². The molecule has 3 unspecified atom stereocenters. The lowest BCUT2D eigenvalue weighted by Gasteiger charge is -2.39. The summed E-state index contributed by atoms with van der Waals surface area (Å²) in [7, 11) is 2.82. The molecule has 2 fully saturated rings. The van der Waals surface area contributed by atoms with Crippen LogP contribution in [-0.2, 0) is 39.8 Å². The third-order valence-electron chi connectivity index (χ3n) is 4.08. The molecule has 0 saturated carbocycles. The number of ether oxygens (including phenoxy) is 3. The molecule has 0 aromatic carbocycles. The predicted octanol–water partition coefficient (Wildman–Crippen LogP) is -0.993. The van der Waals surface area contributed by atoms with Crippen LogP contribution in [0.15, 0.2) is 10.9 Å². The molecular weight excluding hydrogens is 368 g/mol. The Labute approximate surface area is 151 Å². The van der Waals surface area contributed by atoms with E-state index in [1.807, 2.05) is 0 Å². The summed E-state index contributed by atoms with van der Waals surface area (Å²) < 4.78 is 15.6. The van der Waals surface area contributed by atoms with Crippen molar-refractivity contribution in [1.82, 2.24) is 9.88 Å². The van der Waals surface area contributed by atoms with E-state index in [0.29, 0.717) is 5.69 Å². The van der Waals surface area contributed by atoms with E-state index < -0.39 is 54.1 Å². The molecule has 1 N–H and O–H groups in total. The molecule has 140 valence electrons. The molecule has 1 aromatic heterocycles. The van der Waals surface area contributed by atoms with Gasteiger partial charge in [0.15, 0.2) is 5.60 Å². The fourth-order valence-electron chi connectivity index (χ4n) is 2.87. The van der Waals surface area contributed by atoms with Crippen molar-refractivity contribution in [2.75, 3.05) is 14.1 Å². The first-order valence-corrected chi connectivity index (χ1v) is 8.54. The van der Waals surface area contributed by atoms with Crippen molar-refractivity contribution in [3.05, 3.63) is 16.6 Å². The van der Waals surface area contributed by atoms with Crippen molar-refractivity contribution in [3.63, 3.8) is 0 Å². The number of hydrogen-bond acceptors (Lipinski definition) is 10. The van der Waals surface area contributed by atoms with Gasteiger partial charge in [0.05, 0.1) is 24.0 Å². The Morgan fingerprint density at radius 1 is 1.31 bits per heavy atom. The van der Waals surface area contributed by atoms with E-state index >= 15 is 0 Å². The number of rotatable bonds is 3. The SMILES string of the molecule is CN(C)C(=O)C1(Cc2cscn2)OC(=O)CC2(O)CC(=O)OC1OC2=O. The van der Waals surface area contributed by atoms with Crippen molar-refractivity contribution < 1.29 is 38.5 Å². The number of esters is 3. The highest BCUT2D eigenvalue weighted by Gasteiger charge is 2.62. The Hall–Kier alpha value is -2.53. The lowest BCUT2D eigenvalue weighted by Crippen LogP contribution is -2.62. The summed E-state index contributed by atoms with van der Waals surface area (Å²) in [6.07, 6.45) is -3.74. The number of likely N-dealkylation sites (N-methyl/N-ethyl adjacent to an activating group) is 1. The number of carbonyl (C=O) groups is 4.